The van der Waals surface area contributed by atoms with Gasteiger partial charge in [-0.15, -0.1) is 10.2 Å². The Morgan fingerprint density at radius 2 is 2.16 bits per heavy atom. The molecule has 0 bridgehead atoms. The molecule has 0 radical (unpaired) electrons. The summed E-state index contributed by atoms with van der Waals surface area (Å²) in [6, 6.07) is 4.14. The molecule has 0 aromatic carbocycles. The van der Waals surface area contributed by atoms with E-state index in [9.17, 15) is 4.79 Å². The van der Waals surface area contributed by atoms with Crippen LogP contribution in [0.4, 0.5) is 4.79 Å². The summed E-state index contributed by atoms with van der Waals surface area (Å²) in [4.78, 5) is 16.1. The van der Waals surface area contributed by atoms with Gasteiger partial charge in [0, 0.05) is 31.2 Å². The third-order valence-corrected chi connectivity index (χ3v) is 5.45. The lowest BCUT2D eigenvalue weighted by atomic mass is 9.96. The van der Waals surface area contributed by atoms with E-state index in [0.717, 1.165) is 35.1 Å². The van der Waals surface area contributed by atoms with Crippen LogP contribution < -0.4 is 10.6 Å². The van der Waals surface area contributed by atoms with E-state index in [-0.39, 0.29) is 6.03 Å². The Labute approximate surface area is 152 Å². The number of pyridine rings is 1. The van der Waals surface area contributed by atoms with Gasteiger partial charge < -0.3 is 15.2 Å². The van der Waals surface area contributed by atoms with Gasteiger partial charge in [0.15, 0.2) is 11.0 Å². The Balaban J connectivity index is 1.46. The van der Waals surface area contributed by atoms with Crippen molar-refractivity contribution in [2.24, 2.45) is 7.05 Å². The van der Waals surface area contributed by atoms with Gasteiger partial charge in [-0.3, -0.25) is 4.98 Å². The number of urea groups is 1. The molecule has 0 atom stereocenters. The number of aromatic nitrogens is 4. The molecule has 1 saturated carbocycles. The Bertz CT molecular complexity index is 684. The number of nitrogens with one attached hydrogen (secondary N) is 2. The van der Waals surface area contributed by atoms with Gasteiger partial charge in [-0.2, -0.15) is 0 Å². The molecule has 2 amide bonds. The van der Waals surface area contributed by atoms with Crippen molar-refractivity contribution in [1.29, 1.82) is 0 Å². The van der Waals surface area contributed by atoms with Gasteiger partial charge in [-0.05, 0) is 24.5 Å². The van der Waals surface area contributed by atoms with Gasteiger partial charge in [0.05, 0.1) is 6.54 Å². The molecule has 0 aliphatic heterocycles. The Morgan fingerprint density at radius 1 is 1.32 bits per heavy atom. The fourth-order valence-electron chi connectivity index (χ4n) is 2.90. The fraction of sp³-hybridized carbons (Fsp3) is 0.529. The van der Waals surface area contributed by atoms with E-state index < -0.39 is 0 Å². The molecule has 134 valence electrons. The standard InChI is InChI=1S/C17H24N6OS/c1-23-15(11-19-16(24)20-14-7-3-2-4-8-14)21-22-17(23)25-12-13-6-5-9-18-10-13/h5-6,9-10,14H,2-4,7-8,11-12H2,1H3,(H2,19,20,24). The van der Waals surface area contributed by atoms with Crippen molar-refractivity contribution in [3.63, 3.8) is 0 Å². The van der Waals surface area contributed by atoms with E-state index in [1.165, 1.54) is 19.3 Å². The zero-order valence-corrected chi connectivity index (χ0v) is 15.3. The summed E-state index contributed by atoms with van der Waals surface area (Å²) in [5.41, 5.74) is 1.14. The minimum atomic E-state index is -0.125. The highest BCUT2D eigenvalue weighted by atomic mass is 32.2. The molecule has 2 N–H and O–H groups in total. The van der Waals surface area contributed by atoms with Crippen LogP contribution in [0, 0.1) is 0 Å². The second-order valence-electron chi connectivity index (χ2n) is 6.27. The Kier molecular flexibility index (Phi) is 6.27. The zero-order chi connectivity index (χ0) is 17.5. The first kappa shape index (κ1) is 17.7. The van der Waals surface area contributed by atoms with Gasteiger partial charge in [0.2, 0.25) is 0 Å². The maximum atomic E-state index is 12.0. The van der Waals surface area contributed by atoms with Crippen LogP contribution >= 0.6 is 11.8 Å². The van der Waals surface area contributed by atoms with E-state index in [2.05, 4.69) is 25.8 Å². The average Bonchev–Trinajstić information content (AvgIpc) is 3.00. The molecule has 0 spiro atoms. The smallest absolute Gasteiger partial charge is 0.315 e. The summed E-state index contributed by atoms with van der Waals surface area (Å²) in [6.07, 6.45) is 9.44. The molecule has 0 unspecified atom stereocenters. The first-order valence-corrected chi connectivity index (χ1v) is 9.65. The van der Waals surface area contributed by atoms with Crippen LogP contribution in [-0.4, -0.2) is 31.8 Å². The lowest BCUT2D eigenvalue weighted by Crippen LogP contribution is -2.42. The minimum Gasteiger partial charge on any atom is -0.335 e. The van der Waals surface area contributed by atoms with E-state index >= 15 is 0 Å². The molecule has 2 aromatic heterocycles. The normalized spacial score (nSPS) is 15.1. The van der Waals surface area contributed by atoms with Crippen LogP contribution in [0.1, 0.15) is 43.5 Å². The monoisotopic (exact) mass is 360 g/mol. The molecule has 2 aromatic rings. The van der Waals surface area contributed by atoms with E-state index in [1.54, 1.807) is 18.0 Å². The lowest BCUT2D eigenvalue weighted by molar-refractivity contribution is 0.232. The molecule has 2 heterocycles. The number of carbonyl (C=O) groups excluding carboxylic acids is 1. The molecule has 1 fully saturated rings. The van der Waals surface area contributed by atoms with Gasteiger partial charge in [-0.1, -0.05) is 37.1 Å². The van der Waals surface area contributed by atoms with Gasteiger partial charge in [-0.25, -0.2) is 4.79 Å². The number of rotatable bonds is 6. The van der Waals surface area contributed by atoms with Crippen molar-refractivity contribution >= 4 is 17.8 Å². The second kappa shape index (κ2) is 8.84. The predicted molar refractivity (Wildman–Crippen MR) is 97.0 cm³/mol. The molecular weight excluding hydrogens is 336 g/mol. The third kappa shape index (κ3) is 5.19. The van der Waals surface area contributed by atoms with Gasteiger partial charge >= 0.3 is 6.03 Å². The molecular formula is C17H24N6OS. The number of nitrogens with zero attached hydrogens (tertiary/aromatic N) is 4. The van der Waals surface area contributed by atoms with E-state index in [0.29, 0.717) is 12.6 Å². The van der Waals surface area contributed by atoms with Crippen molar-refractivity contribution in [3.05, 3.63) is 35.9 Å². The van der Waals surface area contributed by atoms with Crippen LogP contribution in [0.2, 0.25) is 0 Å². The summed E-state index contributed by atoms with van der Waals surface area (Å²) in [7, 11) is 1.92. The van der Waals surface area contributed by atoms with Crippen molar-refractivity contribution < 1.29 is 4.79 Å². The maximum Gasteiger partial charge on any atom is 0.315 e. The van der Waals surface area contributed by atoms with Crippen molar-refractivity contribution in [2.75, 3.05) is 0 Å². The highest BCUT2D eigenvalue weighted by Gasteiger charge is 2.16. The number of carbonyl (C=O) groups is 1. The number of hydrogen-bond acceptors (Lipinski definition) is 5. The quantitative estimate of drug-likeness (QED) is 0.774. The number of amides is 2. The number of thioether (sulfide) groups is 1. The van der Waals surface area contributed by atoms with Crippen molar-refractivity contribution in [3.8, 4) is 0 Å². The summed E-state index contributed by atoms with van der Waals surface area (Å²) >= 11 is 1.60. The Morgan fingerprint density at radius 3 is 2.92 bits per heavy atom. The maximum absolute atomic E-state index is 12.0. The summed E-state index contributed by atoms with van der Waals surface area (Å²) in [5.74, 6) is 1.53. The molecule has 7 nitrogen and oxygen atoms in total. The fourth-order valence-corrected chi connectivity index (χ4v) is 3.76. The topological polar surface area (TPSA) is 84.7 Å². The van der Waals surface area contributed by atoms with Crippen LogP contribution in [-0.2, 0) is 19.3 Å². The molecule has 0 saturated heterocycles. The van der Waals surface area contributed by atoms with Crippen LogP contribution in [0.3, 0.4) is 0 Å². The zero-order valence-electron chi connectivity index (χ0n) is 14.4. The van der Waals surface area contributed by atoms with Crippen molar-refractivity contribution in [2.45, 2.75) is 55.6 Å². The van der Waals surface area contributed by atoms with E-state index in [4.69, 9.17) is 0 Å². The largest absolute Gasteiger partial charge is 0.335 e. The van der Waals surface area contributed by atoms with Gasteiger partial charge in [0.1, 0.15) is 0 Å². The first-order chi connectivity index (χ1) is 12.2. The van der Waals surface area contributed by atoms with Crippen LogP contribution in [0.5, 0.6) is 0 Å². The molecule has 3 rings (SSSR count). The molecule has 1 aliphatic rings. The van der Waals surface area contributed by atoms with Crippen LogP contribution in [0.15, 0.2) is 29.7 Å². The highest BCUT2D eigenvalue weighted by Crippen LogP contribution is 2.20. The summed E-state index contributed by atoms with van der Waals surface area (Å²) in [5, 5.41) is 15.1. The SMILES string of the molecule is Cn1c(CNC(=O)NC2CCCCC2)nnc1SCc1cccnc1. The van der Waals surface area contributed by atoms with E-state index in [1.807, 2.05) is 29.9 Å². The predicted octanol–water partition coefficient (Wildman–Crippen LogP) is 2.63. The van der Waals surface area contributed by atoms with Crippen molar-refractivity contribution in [1.82, 2.24) is 30.4 Å². The summed E-state index contributed by atoms with van der Waals surface area (Å²) in [6.45, 7) is 0.371. The average molecular weight is 360 g/mol. The number of hydrogen-bond donors (Lipinski definition) is 2. The molecule has 25 heavy (non-hydrogen) atoms. The molecule has 8 heteroatoms. The summed E-state index contributed by atoms with van der Waals surface area (Å²) < 4.78 is 1.92. The molecule has 1 aliphatic carbocycles. The Hall–Kier alpha value is -2.09. The second-order valence-corrected chi connectivity index (χ2v) is 7.21. The third-order valence-electron chi connectivity index (χ3n) is 4.36. The highest BCUT2D eigenvalue weighted by molar-refractivity contribution is 7.98. The minimum absolute atomic E-state index is 0.125. The van der Waals surface area contributed by atoms with Crippen LogP contribution in [0.25, 0.3) is 0 Å². The first-order valence-electron chi connectivity index (χ1n) is 8.66. The van der Waals surface area contributed by atoms with Gasteiger partial charge in [0.25, 0.3) is 0 Å². The lowest BCUT2D eigenvalue weighted by Gasteiger charge is -2.22.